The van der Waals surface area contributed by atoms with Crippen molar-refractivity contribution in [3.63, 3.8) is 0 Å². The number of piperidine rings is 1. The average molecular weight is 443 g/mol. The van der Waals surface area contributed by atoms with Gasteiger partial charge in [0.2, 0.25) is 0 Å². The lowest BCUT2D eigenvalue weighted by Crippen LogP contribution is -2.45. The van der Waals surface area contributed by atoms with Crippen molar-refractivity contribution >= 4 is 29.2 Å². The highest BCUT2D eigenvalue weighted by molar-refractivity contribution is 6.31. The van der Waals surface area contributed by atoms with Crippen LogP contribution in [0.1, 0.15) is 66.3 Å². The Bertz CT molecular complexity index is 919. The molecule has 1 aliphatic heterocycles. The second-order valence-corrected chi connectivity index (χ2v) is 9.08. The molecule has 0 spiro atoms. The number of nitrogens with zero attached hydrogens (tertiary/aromatic N) is 1. The van der Waals surface area contributed by atoms with Crippen LogP contribution < -0.4 is 10.2 Å². The highest BCUT2D eigenvalue weighted by Gasteiger charge is 2.25. The zero-order chi connectivity index (χ0) is 22.4. The molecule has 3 rings (SSSR count). The number of amides is 1. The Morgan fingerprint density at radius 3 is 2.39 bits per heavy atom. The monoisotopic (exact) mass is 442 g/mol. The smallest absolute Gasteiger partial charge is 0.338 e. The van der Waals surface area contributed by atoms with Crippen LogP contribution >= 0.6 is 11.6 Å². The van der Waals surface area contributed by atoms with Gasteiger partial charge in [0.25, 0.3) is 5.91 Å². The van der Waals surface area contributed by atoms with Crippen molar-refractivity contribution in [1.82, 2.24) is 5.32 Å². The van der Waals surface area contributed by atoms with Gasteiger partial charge < -0.3 is 15.0 Å². The van der Waals surface area contributed by atoms with Crippen molar-refractivity contribution < 1.29 is 14.3 Å². The summed E-state index contributed by atoms with van der Waals surface area (Å²) in [6.07, 6.45) is 4.13. The standard InChI is InChI=1S/C25H31ClN2O3/c1-4-31-24(30)19-10-8-18(9-11-19)17-25(2,3)27-23(29)21-16-20(26)12-13-22(21)28-14-6-5-7-15-28/h8-13,16H,4-7,14-15,17H2,1-3H3,(H,27,29). The van der Waals surface area contributed by atoms with Crippen molar-refractivity contribution in [3.8, 4) is 0 Å². The summed E-state index contributed by atoms with van der Waals surface area (Å²) in [5, 5.41) is 3.72. The van der Waals surface area contributed by atoms with E-state index in [1.165, 1.54) is 6.42 Å². The lowest BCUT2D eigenvalue weighted by atomic mass is 9.93. The fourth-order valence-corrected chi connectivity index (χ4v) is 4.18. The Morgan fingerprint density at radius 2 is 1.74 bits per heavy atom. The Balaban J connectivity index is 1.72. The molecular formula is C25H31ClN2O3. The number of nitrogens with one attached hydrogen (secondary N) is 1. The van der Waals surface area contributed by atoms with Crippen LogP contribution in [0, 0.1) is 0 Å². The molecule has 1 saturated heterocycles. The van der Waals surface area contributed by atoms with Crippen molar-refractivity contribution in [2.24, 2.45) is 0 Å². The molecule has 2 aromatic carbocycles. The normalized spacial score (nSPS) is 14.3. The van der Waals surface area contributed by atoms with Crippen LogP contribution in [0.4, 0.5) is 5.69 Å². The molecule has 0 saturated carbocycles. The molecule has 1 amide bonds. The second kappa shape index (κ2) is 10.2. The summed E-state index contributed by atoms with van der Waals surface area (Å²) in [6.45, 7) is 8.04. The fraction of sp³-hybridized carbons (Fsp3) is 0.440. The minimum absolute atomic E-state index is 0.129. The summed E-state index contributed by atoms with van der Waals surface area (Å²) in [7, 11) is 0. The largest absolute Gasteiger partial charge is 0.462 e. The number of esters is 1. The average Bonchev–Trinajstić information content (AvgIpc) is 2.74. The molecule has 1 N–H and O–H groups in total. The number of anilines is 1. The van der Waals surface area contributed by atoms with Crippen LogP contribution in [-0.4, -0.2) is 37.1 Å². The van der Waals surface area contributed by atoms with Crippen LogP contribution in [0.3, 0.4) is 0 Å². The lowest BCUT2D eigenvalue weighted by molar-refractivity contribution is 0.0526. The van der Waals surface area contributed by atoms with Gasteiger partial charge in [-0.3, -0.25) is 4.79 Å². The van der Waals surface area contributed by atoms with Gasteiger partial charge in [0.1, 0.15) is 0 Å². The van der Waals surface area contributed by atoms with E-state index < -0.39 is 5.54 Å². The second-order valence-electron chi connectivity index (χ2n) is 8.64. The van der Waals surface area contributed by atoms with Crippen LogP contribution in [-0.2, 0) is 11.2 Å². The molecule has 31 heavy (non-hydrogen) atoms. The number of ether oxygens (including phenoxy) is 1. The molecule has 0 aromatic heterocycles. The van der Waals surface area contributed by atoms with Crippen LogP contribution in [0.25, 0.3) is 0 Å². The summed E-state index contributed by atoms with van der Waals surface area (Å²) in [5.41, 5.74) is 2.62. The zero-order valence-corrected chi connectivity index (χ0v) is 19.3. The Morgan fingerprint density at radius 1 is 1.06 bits per heavy atom. The van der Waals surface area contributed by atoms with Gasteiger partial charge in [-0.1, -0.05) is 23.7 Å². The van der Waals surface area contributed by atoms with E-state index in [4.69, 9.17) is 16.3 Å². The van der Waals surface area contributed by atoms with E-state index in [9.17, 15) is 9.59 Å². The molecule has 2 aromatic rings. The van der Waals surface area contributed by atoms with Gasteiger partial charge in [0.15, 0.2) is 0 Å². The first-order valence-corrected chi connectivity index (χ1v) is 11.3. The Labute approximate surface area is 189 Å². The first-order chi connectivity index (χ1) is 14.8. The van der Waals surface area contributed by atoms with Gasteiger partial charge >= 0.3 is 5.97 Å². The first kappa shape index (κ1) is 23.1. The third kappa shape index (κ3) is 6.23. The maximum absolute atomic E-state index is 13.2. The summed E-state index contributed by atoms with van der Waals surface area (Å²) >= 11 is 6.23. The summed E-state index contributed by atoms with van der Waals surface area (Å²) < 4.78 is 5.03. The van der Waals surface area contributed by atoms with Gasteiger partial charge in [0, 0.05) is 29.3 Å². The number of rotatable bonds is 7. The molecule has 1 heterocycles. The molecule has 0 unspecified atom stereocenters. The maximum atomic E-state index is 13.2. The quantitative estimate of drug-likeness (QED) is 0.594. The van der Waals surface area contributed by atoms with Gasteiger partial charge in [0.05, 0.1) is 17.7 Å². The molecule has 1 fully saturated rings. The third-order valence-electron chi connectivity index (χ3n) is 5.46. The summed E-state index contributed by atoms with van der Waals surface area (Å²) in [6, 6.07) is 12.9. The molecule has 0 radical (unpaired) electrons. The van der Waals surface area contributed by atoms with E-state index in [0.29, 0.717) is 29.2 Å². The van der Waals surface area contributed by atoms with Crippen LogP contribution in [0.5, 0.6) is 0 Å². The third-order valence-corrected chi connectivity index (χ3v) is 5.70. The minimum atomic E-state index is -0.482. The van der Waals surface area contributed by atoms with Crippen molar-refractivity contribution in [2.45, 2.75) is 52.0 Å². The van der Waals surface area contributed by atoms with Gasteiger partial charge in [-0.25, -0.2) is 4.79 Å². The predicted octanol–water partition coefficient (Wildman–Crippen LogP) is 5.26. The van der Waals surface area contributed by atoms with E-state index >= 15 is 0 Å². The predicted molar refractivity (Wildman–Crippen MR) is 125 cm³/mol. The highest BCUT2D eigenvalue weighted by atomic mass is 35.5. The van der Waals surface area contributed by atoms with E-state index in [1.807, 2.05) is 38.1 Å². The van der Waals surface area contributed by atoms with Gasteiger partial charge in [-0.05, 0) is 82.3 Å². The Kier molecular flexibility index (Phi) is 7.60. The number of halogens is 1. The molecule has 0 atom stereocenters. The van der Waals surface area contributed by atoms with E-state index in [2.05, 4.69) is 10.2 Å². The highest BCUT2D eigenvalue weighted by Crippen LogP contribution is 2.28. The molecule has 166 valence electrons. The van der Waals surface area contributed by atoms with Crippen LogP contribution in [0.15, 0.2) is 42.5 Å². The zero-order valence-electron chi connectivity index (χ0n) is 18.5. The number of hydrogen-bond donors (Lipinski definition) is 1. The van der Waals surface area contributed by atoms with Crippen molar-refractivity contribution in [2.75, 3.05) is 24.6 Å². The molecule has 0 bridgehead atoms. The summed E-state index contributed by atoms with van der Waals surface area (Å²) in [5.74, 6) is -0.455. The van der Waals surface area contributed by atoms with Crippen molar-refractivity contribution in [3.05, 3.63) is 64.2 Å². The molecule has 5 nitrogen and oxygen atoms in total. The number of benzene rings is 2. The van der Waals surface area contributed by atoms with E-state index in [-0.39, 0.29) is 11.9 Å². The van der Waals surface area contributed by atoms with Crippen LogP contribution in [0.2, 0.25) is 5.02 Å². The fourth-order valence-electron chi connectivity index (χ4n) is 4.00. The topological polar surface area (TPSA) is 58.6 Å². The van der Waals surface area contributed by atoms with Gasteiger partial charge in [-0.15, -0.1) is 0 Å². The SMILES string of the molecule is CCOC(=O)c1ccc(CC(C)(C)NC(=O)c2cc(Cl)ccc2N2CCCCC2)cc1. The molecule has 1 aliphatic rings. The number of hydrogen-bond acceptors (Lipinski definition) is 4. The molecule has 6 heteroatoms. The van der Waals surface area contributed by atoms with E-state index in [0.717, 1.165) is 37.2 Å². The lowest BCUT2D eigenvalue weighted by Gasteiger charge is -2.32. The van der Waals surface area contributed by atoms with Crippen molar-refractivity contribution in [1.29, 1.82) is 0 Å². The Hall–Kier alpha value is -2.53. The molecule has 0 aliphatic carbocycles. The first-order valence-electron chi connectivity index (χ1n) is 10.9. The number of carbonyl (C=O) groups is 2. The minimum Gasteiger partial charge on any atom is -0.462 e. The maximum Gasteiger partial charge on any atom is 0.338 e. The van der Waals surface area contributed by atoms with Gasteiger partial charge in [-0.2, -0.15) is 0 Å². The molecular weight excluding hydrogens is 412 g/mol. The summed E-state index contributed by atoms with van der Waals surface area (Å²) in [4.78, 5) is 27.3. The number of carbonyl (C=O) groups excluding carboxylic acids is 2. The van der Waals surface area contributed by atoms with E-state index in [1.54, 1.807) is 25.1 Å².